The number of ether oxygens (including phenoxy) is 10. The van der Waals surface area contributed by atoms with Gasteiger partial charge in [-0.2, -0.15) is 0 Å². The van der Waals surface area contributed by atoms with E-state index in [1.165, 1.54) is 12.2 Å². The van der Waals surface area contributed by atoms with Gasteiger partial charge in [0, 0.05) is 64.5 Å². The number of urea groups is 2. The second-order valence-corrected chi connectivity index (χ2v) is 16.8. The first-order valence-electron chi connectivity index (χ1n) is 23.3. The van der Waals surface area contributed by atoms with Gasteiger partial charge in [-0.25, -0.2) is 28.8 Å². The zero-order valence-electron chi connectivity index (χ0n) is 41.1. The number of hydrogen-bond donors (Lipinski definition) is 6. The number of carbonyl (C=O) groups is 6. The van der Waals surface area contributed by atoms with Gasteiger partial charge in [0.05, 0.1) is 39.6 Å². The Balaban J connectivity index is 0.000000281. The normalized spacial score (nSPS) is 19.0. The van der Waals surface area contributed by atoms with Gasteiger partial charge in [-0.05, 0) is 75.2 Å². The molecule has 0 radical (unpaired) electrons. The maximum absolute atomic E-state index is 12.0. The number of carboxylic acid groups (broad SMARTS) is 2. The van der Waals surface area contributed by atoms with Crippen LogP contribution in [-0.2, 0) is 57.1 Å². The summed E-state index contributed by atoms with van der Waals surface area (Å²) >= 11 is 0. The van der Waals surface area contributed by atoms with Crippen molar-refractivity contribution in [2.45, 2.75) is 51.5 Å². The first-order chi connectivity index (χ1) is 34.5. The van der Waals surface area contributed by atoms with E-state index in [2.05, 4.69) is 21.3 Å². The summed E-state index contributed by atoms with van der Waals surface area (Å²) in [6, 6.07) is 14.5. The van der Waals surface area contributed by atoms with Crippen molar-refractivity contribution in [1.82, 2.24) is 31.1 Å². The molecule has 4 fully saturated rings. The van der Waals surface area contributed by atoms with Crippen molar-refractivity contribution in [3.8, 4) is 11.5 Å². The molecule has 4 aliphatic rings. The lowest BCUT2D eigenvalue weighted by atomic mass is 10.2. The fraction of sp³-hybridized carbons (Fsp3) is 0.542. The average Bonchev–Trinajstić information content (AvgIpc) is 3.93. The van der Waals surface area contributed by atoms with Crippen LogP contribution in [0.2, 0.25) is 0 Å². The molecule has 4 saturated heterocycles. The van der Waals surface area contributed by atoms with Crippen molar-refractivity contribution in [3.63, 3.8) is 0 Å². The lowest BCUT2D eigenvalue weighted by Crippen LogP contribution is -2.47. The number of benzene rings is 2. The standard InChI is InChI=1S/2C23H33N3O7.C2H2O4/c2*1-23(2)32-16-20(33-23)15-30-21(27)8-5-18-3-6-19(7-4-18)31-17-24-9-10-25-22(28)26-11-13-29-14-12-26;3-1(4)2(5)6/h2*3-8,20,24H,9-17H2,1-2H3,(H,25,28);(H,3,4)(H,5,6)/b2*8-5-;/t2*20-;/m11./s1. The Labute approximate surface area is 418 Å². The van der Waals surface area contributed by atoms with Crippen molar-refractivity contribution >= 4 is 48.1 Å². The summed E-state index contributed by atoms with van der Waals surface area (Å²) in [5.74, 6) is -4.40. The van der Waals surface area contributed by atoms with Crippen LogP contribution in [0.1, 0.15) is 38.8 Å². The highest BCUT2D eigenvalue weighted by Gasteiger charge is 2.34. The Morgan fingerprint density at radius 1 is 0.583 bits per heavy atom. The van der Waals surface area contributed by atoms with Crippen LogP contribution in [0.15, 0.2) is 60.7 Å². The third-order valence-electron chi connectivity index (χ3n) is 10.2. The minimum atomic E-state index is -1.82. The SMILES string of the molecule is CC1(C)OC[C@@H](COC(=O)/C=C\c2ccc(OCNCCNC(=O)N3CCOCC3)cc2)O1.CC1(C)OC[C@@H](COC(=O)/C=C\c2ccc(OCNCCNC(=O)N3CCOCC3)cc2)O1.O=C(O)C(=O)O. The highest BCUT2D eigenvalue weighted by Crippen LogP contribution is 2.23. The molecule has 0 spiro atoms. The average molecular weight is 1020 g/mol. The minimum Gasteiger partial charge on any atom is -0.478 e. The van der Waals surface area contributed by atoms with Crippen molar-refractivity contribution < 1.29 is 86.3 Å². The molecule has 4 aliphatic heterocycles. The van der Waals surface area contributed by atoms with Crippen molar-refractivity contribution in [2.24, 2.45) is 0 Å². The molecule has 6 rings (SSSR count). The third-order valence-corrected chi connectivity index (χ3v) is 10.2. The first kappa shape index (κ1) is 58.2. The Kier molecular flexibility index (Phi) is 25.2. The lowest BCUT2D eigenvalue weighted by molar-refractivity contribution is -0.159. The molecule has 4 heterocycles. The van der Waals surface area contributed by atoms with Crippen molar-refractivity contribution in [2.75, 3.05) is 119 Å². The predicted molar refractivity (Wildman–Crippen MR) is 257 cm³/mol. The topological polar surface area (TPSA) is 290 Å². The first-order valence-corrected chi connectivity index (χ1v) is 23.3. The van der Waals surface area contributed by atoms with Gasteiger partial charge in [0.25, 0.3) is 0 Å². The molecule has 0 aliphatic carbocycles. The summed E-state index contributed by atoms with van der Waals surface area (Å²) in [5, 5.41) is 26.7. The lowest BCUT2D eigenvalue weighted by Gasteiger charge is -2.26. The Hall–Kier alpha value is -6.38. The molecule has 24 heteroatoms. The van der Waals surface area contributed by atoms with E-state index >= 15 is 0 Å². The number of rotatable bonds is 20. The van der Waals surface area contributed by atoms with E-state index in [1.807, 2.05) is 76.2 Å². The van der Waals surface area contributed by atoms with Crippen LogP contribution >= 0.6 is 0 Å². The van der Waals surface area contributed by atoms with E-state index in [0.29, 0.717) is 117 Å². The van der Waals surface area contributed by atoms with E-state index < -0.39 is 35.5 Å². The molecule has 0 unspecified atom stereocenters. The fourth-order valence-corrected chi connectivity index (χ4v) is 6.50. The van der Waals surface area contributed by atoms with E-state index in [0.717, 1.165) is 11.1 Å². The molecule has 0 bridgehead atoms. The number of nitrogens with one attached hydrogen (secondary N) is 4. The van der Waals surface area contributed by atoms with E-state index in [9.17, 15) is 19.2 Å². The number of nitrogens with zero attached hydrogens (tertiary/aromatic N) is 2. The molecule has 2 atom stereocenters. The van der Waals surface area contributed by atoms with Gasteiger partial charge in [0.2, 0.25) is 0 Å². The Morgan fingerprint density at radius 3 is 1.26 bits per heavy atom. The second-order valence-electron chi connectivity index (χ2n) is 16.8. The monoisotopic (exact) mass is 1020 g/mol. The summed E-state index contributed by atoms with van der Waals surface area (Å²) in [6.45, 7) is 16.1. The van der Waals surface area contributed by atoms with Crippen LogP contribution < -0.4 is 30.7 Å². The molecule has 398 valence electrons. The predicted octanol–water partition coefficient (Wildman–Crippen LogP) is 1.88. The van der Waals surface area contributed by atoms with Crippen LogP contribution in [0, 0.1) is 0 Å². The summed E-state index contributed by atoms with van der Waals surface area (Å²) < 4.78 is 54.2. The molecule has 2 aromatic rings. The zero-order valence-corrected chi connectivity index (χ0v) is 41.1. The molecule has 24 nitrogen and oxygen atoms in total. The van der Waals surface area contributed by atoms with E-state index in [1.54, 1.807) is 22.0 Å². The Bertz CT molecular complexity index is 1910. The molecule has 72 heavy (non-hydrogen) atoms. The number of esters is 2. The zero-order chi connectivity index (χ0) is 52.2. The van der Waals surface area contributed by atoms with Crippen LogP contribution in [0.25, 0.3) is 12.2 Å². The molecule has 0 saturated carbocycles. The highest BCUT2D eigenvalue weighted by atomic mass is 16.8. The Morgan fingerprint density at radius 2 is 0.944 bits per heavy atom. The molecular weight excluding hydrogens is 949 g/mol. The van der Waals surface area contributed by atoms with Crippen LogP contribution in [0.4, 0.5) is 9.59 Å². The van der Waals surface area contributed by atoms with Gasteiger partial charge in [0.15, 0.2) is 11.6 Å². The van der Waals surface area contributed by atoms with E-state index in [-0.39, 0.29) is 37.5 Å². The third kappa shape index (κ3) is 24.2. The maximum atomic E-state index is 12.0. The maximum Gasteiger partial charge on any atom is 0.414 e. The number of carbonyl (C=O) groups excluding carboxylic acids is 4. The summed E-state index contributed by atoms with van der Waals surface area (Å²) in [4.78, 5) is 69.4. The number of amides is 4. The van der Waals surface area contributed by atoms with Crippen LogP contribution in [0.5, 0.6) is 11.5 Å². The van der Waals surface area contributed by atoms with Gasteiger partial charge >= 0.3 is 35.9 Å². The quantitative estimate of drug-likeness (QED) is 0.0363. The fourth-order valence-electron chi connectivity index (χ4n) is 6.50. The van der Waals surface area contributed by atoms with E-state index in [4.69, 9.17) is 67.2 Å². The molecule has 2 aromatic carbocycles. The number of carboxylic acids is 2. The van der Waals surface area contributed by atoms with Gasteiger partial charge in [-0.3, -0.25) is 10.6 Å². The van der Waals surface area contributed by atoms with Crippen molar-refractivity contribution in [3.05, 3.63) is 71.8 Å². The van der Waals surface area contributed by atoms with Crippen LogP contribution in [0.3, 0.4) is 0 Å². The number of aliphatic carboxylic acids is 2. The number of morpholine rings is 2. The molecule has 4 amide bonds. The number of hydrogen-bond acceptors (Lipinski definition) is 18. The molecular formula is C48H68N6O18. The van der Waals surface area contributed by atoms with Gasteiger partial charge in [0.1, 0.15) is 50.4 Å². The molecule has 6 N–H and O–H groups in total. The van der Waals surface area contributed by atoms with Gasteiger partial charge < -0.3 is 78.0 Å². The summed E-state index contributed by atoms with van der Waals surface area (Å²) in [7, 11) is 0. The largest absolute Gasteiger partial charge is 0.478 e. The van der Waals surface area contributed by atoms with Gasteiger partial charge in [-0.1, -0.05) is 24.3 Å². The molecule has 0 aromatic heterocycles. The highest BCUT2D eigenvalue weighted by molar-refractivity contribution is 6.27. The smallest absolute Gasteiger partial charge is 0.414 e. The minimum absolute atomic E-state index is 0.0709. The van der Waals surface area contributed by atoms with Gasteiger partial charge in [-0.15, -0.1) is 0 Å². The summed E-state index contributed by atoms with van der Waals surface area (Å²) in [6.07, 6.45) is 5.62. The van der Waals surface area contributed by atoms with Crippen LogP contribution in [-0.4, -0.2) is 198 Å². The second kappa shape index (κ2) is 31.2. The van der Waals surface area contributed by atoms with Crippen molar-refractivity contribution in [1.29, 1.82) is 0 Å². The summed E-state index contributed by atoms with van der Waals surface area (Å²) in [5.41, 5.74) is 1.69.